The van der Waals surface area contributed by atoms with Crippen molar-refractivity contribution >= 4 is 22.7 Å². The molecule has 1 N–H and O–H groups in total. The lowest BCUT2D eigenvalue weighted by Gasteiger charge is -2.00. The van der Waals surface area contributed by atoms with Crippen LogP contribution in [0.5, 0.6) is 0 Å². The van der Waals surface area contributed by atoms with Crippen molar-refractivity contribution in [2.45, 2.75) is 32.2 Å². The van der Waals surface area contributed by atoms with Gasteiger partial charge < -0.3 is 5.32 Å². The number of nitrogens with zero attached hydrogens (tertiary/aromatic N) is 1. The zero-order chi connectivity index (χ0) is 11.7. The molecule has 90 valence electrons. The van der Waals surface area contributed by atoms with Gasteiger partial charge in [0.15, 0.2) is 0 Å². The van der Waals surface area contributed by atoms with Gasteiger partial charge in [0.2, 0.25) is 0 Å². The molecule has 0 aromatic carbocycles. The van der Waals surface area contributed by atoms with Crippen LogP contribution in [0.3, 0.4) is 0 Å². The van der Waals surface area contributed by atoms with E-state index in [0.717, 1.165) is 19.0 Å². The van der Waals surface area contributed by atoms with Crippen molar-refractivity contribution in [3.8, 4) is 10.6 Å². The first kappa shape index (κ1) is 11.4. The summed E-state index contributed by atoms with van der Waals surface area (Å²) in [7, 11) is 0. The van der Waals surface area contributed by atoms with Crippen LogP contribution in [0.1, 0.15) is 36.3 Å². The first-order valence-corrected chi connectivity index (χ1v) is 7.87. The molecule has 2 nitrogen and oxygen atoms in total. The van der Waals surface area contributed by atoms with Crippen LogP contribution in [-0.4, -0.2) is 11.5 Å². The van der Waals surface area contributed by atoms with Crippen LogP contribution in [-0.2, 0) is 6.54 Å². The van der Waals surface area contributed by atoms with Crippen molar-refractivity contribution in [3.63, 3.8) is 0 Å². The van der Waals surface area contributed by atoms with Crippen molar-refractivity contribution in [1.82, 2.24) is 10.3 Å². The van der Waals surface area contributed by atoms with Crippen molar-refractivity contribution in [3.05, 3.63) is 27.4 Å². The fourth-order valence-electron chi connectivity index (χ4n) is 1.91. The van der Waals surface area contributed by atoms with Gasteiger partial charge in [0.05, 0.1) is 5.69 Å². The van der Waals surface area contributed by atoms with E-state index in [1.165, 1.54) is 34.0 Å². The second kappa shape index (κ2) is 4.88. The summed E-state index contributed by atoms with van der Waals surface area (Å²) in [4.78, 5) is 6.29. The number of nitrogens with one attached hydrogen (secondary N) is 1. The van der Waals surface area contributed by atoms with E-state index in [1.807, 2.05) is 11.3 Å². The fraction of sp³-hybridized carbons (Fsp3) is 0.462. The summed E-state index contributed by atoms with van der Waals surface area (Å²) in [5, 5.41) is 8.92. The number of aromatic nitrogens is 1. The van der Waals surface area contributed by atoms with Gasteiger partial charge in [0, 0.05) is 28.3 Å². The third-order valence-corrected chi connectivity index (χ3v) is 4.80. The second-order valence-electron chi connectivity index (χ2n) is 4.39. The van der Waals surface area contributed by atoms with Crippen LogP contribution >= 0.6 is 22.7 Å². The van der Waals surface area contributed by atoms with E-state index < -0.39 is 0 Å². The molecule has 4 heteroatoms. The molecule has 0 atom stereocenters. The van der Waals surface area contributed by atoms with Gasteiger partial charge >= 0.3 is 0 Å². The highest BCUT2D eigenvalue weighted by Crippen LogP contribution is 2.44. The van der Waals surface area contributed by atoms with Crippen LogP contribution in [0.25, 0.3) is 10.6 Å². The Kier molecular flexibility index (Phi) is 3.27. The van der Waals surface area contributed by atoms with Gasteiger partial charge in [-0.15, -0.1) is 11.3 Å². The summed E-state index contributed by atoms with van der Waals surface area (Å²) in [5.74, 6) is 0.743. The average Bonchev–Trinajstić information content (AvgIpc) is 2.90. The molecule has 2 aromatic rings. The molecule has 1 aliphatic carbocycles. The number of thiophene rings is 1. The second-order valence-corrected chi connectivity index (χ2v) is 6.26. The van der Waals surface area contributed by atoms with Gasteiger partial charge in [0.25, 0.3) is 0 Å². The molecule has 0 radical (unpaired) electrons. The van der Waals surface area contributed by atoms with Crippen LogP contribution in [0.4, 0.5) is 0 Å². The molecular formula is C13H16N2S2. The molecule has 0 saturated heterocycles. The maximum atomic E-state index is 4.85. The molecule has 0 spiro atoms. The van der Waals surface area contributed by atoms with E-state index in [-0.39, 0.29) is 0 Å². The molecule has 17 heavy (non-hydrogen) atoms. The molecule has 1 fully saturated rings. The van der Waals surface area contributed by atoms with Crippen LogP contribution < -0.4 is 5.32 Å². The summed E-state index contributed by atoms with van der Waals surface area (Å²) in [5.41, 5.74) is 2.64. The van der Waals surface area contributed by atoms with Crippen molar-refractivity contribution in [2.75, 3.05) is 6.54 Å². The fourth-order valence-corrected chi connectivity index (χ4v) is 3.74. The van der Waals surface area contributed by atoms with E-state index in [2.05, 4.69) is 29.1 Å². The number of hydrogen-bond acceptors (Lipinski definition) is 4. The molecule has 0 aliphatic heterocycles. The van der Waals surface area contributed by atoms with E-state index in [1.54, 1.807) is 11.3 Å². The van der Waals surface area contributed by atoms with Crippen LogP contribution in [0, 0.1) is 0 Å². The molecule has 1 aliphatic rings. The summed E-state index contributed by atoms with van der Waals surface area (Å²) in [6.45, 7) is 4.15. The minimum atomic E-state index is 0.743. The summed E-state index contributed by atoms with van der Waals surface area (Å²) in [6.07, 6.45) is 2.65. The lowest BCUT2D eigenvalue weighted by atomic mass is 10.2. The molecule has 2 aromatic heterocycles. The number of rotatable bonds is 5. The van der Waals surface area contributed by atoms with E-state index in [4.69, 9.17) is 4.98 Å². The summed E-state index contributed by atoms with van der Waals surface area (Å²) < 4.78 is 0. The number of hydrogen-bond donors (Lipinski definition) is 1. The van der Waals surface area contributed by atoms with Crippen molar-refractivity contribution in [1.29, 1.82) is 0 Å². The van der Waals surface area contributed by atoms with E-state index in [0.29, 0.717) is 0 Å². The van der Waals surface area contributed by atoms with Gasteiger partial charge in [-0.25, -0.2) is 4.98 Å². The largest absolute Gasteiger partial charge is 0.312 e. The Morgan fingerprint density at radius 3 is 3.00 bits per heavy atom. The average molecular weight is 264 g/mol. The maximum Gasteiger partial charge on any atom is 0.124 e. The van der Waals surface area contributed by atoms with Gasteiger partial charge in [-0.3, -0.25) is 0 Å². The van der Waals surface area contributed by atoms with Crippen molar-refractivity contribution < 1.29 is 0 Å². The first-order valence-electron chi connectivity index (χ1n) is 6.11. The van der Waals surface area contributed by atoms with E-state index >= 15 is 0 Å². The highest BCUT2D eigenvalue weighted by molar-refractivity contribution is 7.15. The molecule has 0 bridgehead atoms. The predicted molar refractivity (Wildman–Crippen MR) is 74.8 cm³/mol. The van der Waals surface area contributed by atoms with Crippen LogP contribution in [0.2, 0.25) is 0 Å². The topological polar surface area (TPSA) is 24.9 Å². The Bertz CT molecular complexity index is 483. The van der Waals surface area contributed by atoms with Crippen LogP contribution in [0.15, 0.2) is 16.8 Å². The third kappa shape index (κ3) is 2.44. The highest BCUT2D eigenvalue weighted by Gasteiger charge is 2.29. The molecular weight excluding hydrogens is 248 g/mol. The maximum absolute atomic E-state index is 4.85. The lowest BCUT2D eigenvalue weighted by molar-refractivity contribution is 0.727. The van der Waals surface area contributed by atoms with Gasteiger partial charge in [-0.1, -0.05) is 6.92 Å². The highest BCUT2D eigenvalue weighted by atomic mass is 32.1. The Balaban J connectivity index is 1.90. The number of thiazole rings is 1. The molecule has 2 heterocycles. The van der Waals surface area contributed by atoms with Gasteiger partial charge in [-0.05, 0) is 30.8 Å². The van der Waals surface area contributed by atoms with Gasteiger partial charge in [0.1, 0.15) is 5.01 Å². The zero-order valence-electron chi connectivity index (χ0n) is 9.90. The standard InChI is InChI=1S/C13H16N2S2/c1-2-14-7-11-12(9-3-4-9)15-13(17-11)10-5-6-16-8-10/h5-6,8-9,14H,2-4,7H2,1H3. The predicted octanol–water partition coefficient (Wildman–Crippen LogP) is 3.86. The molecule has 1 saturated carbocycles. The Morgan fingerprint density at radius 1 is 1.47 bits per heavy atom. The minimum Gasteiger partial charge on any atom is -0.312 e. The Morgan fingerprint density at radius 2 is 2.35 bits per heavy atom. The molecule has 0 amide bonds. The van der Waals surface area contributed by atoms with Crippen molar-refractivity contribution in [2.24, 2.45) is 0 Å². The quantitative estimate of drug-likeness (QED) is 0.887. The minimum absolute atomic E-state index is 0.743. The zero-order valence-corrected chi connectivity index (χ0v) is 11.5. The summed E-state index contributed by atoms with van der Waals surface area (Å²) in [6, 6.07) is 2.16. The van der Waals surface area contributed by atoms with Gasteiger partial charge in [-0.2, -0.15) is 11.3 Å². The summed E-state index contributed by atoms with van der Waals surface area (Å²) >= 11 is 3.60. The van der Waals surface area contributed by atoms with E-state index in [9.17, 15) is 0 Å². The smallest absolute Gasteiger partial charge is 0.124 e. The molecule has 3 rings (SSSR count). The Hall–Kier alpha value is -0.710. The molecule has 0 unspecified atom stereocenters. The normalized spacial score (nSPS) is 15.4. The SMILES string of the molecule is CCNCc1sc(-c2ccsc2)nc1C1CC1. The Labute approximate surface area is 110 Å². The lowest BCUT2D eigenvalue weighted by Crippen LogP contribution is -2.11. The third-order valence-electron chi connectivity index (χ3n) is 3.00. The monoisotopic (exact) mass is 264 g/mol. The first-order chi connectivity index (χ1) is 8.38.